The number of halogens is 1. The molecule has 1 aliphatic heterocycles. The minimum atomic E-state index is -0.356. The molecule has 0 spiro atoms. The molecule has 0 radical (unpaired) electrons. The monoisotopic (exact) mass is 389 g/mol. The fourth-order valence-corrected chi connectivity index (χ4v) is 5.00. The van der Waals surface area contributed by atoms with Gasteiger partial charge in [0.05, 0.1) is 10.5 Å². The van der Waals surface area contributed by atoms with E-state index in [1.165, 1.54) is 16.5 Å². The van der Waals surface area contributed by atoms with E-state index in [1.54, 1.807) is 23.9 Å². The standard InChI is InChI=1S/C22H12ClNO2S/c23-13-8-10-19(24(25)26)18(12-13)14-9-11-21-22-16(14)5-3-6-17(22)15-4-1-2-7-20(15)27-21/h1-12H. The highest BCUT2D eigenvalue weighted by Gasteiger charge is 2.23. The number of hydrogen-bond donors (Lipinski definition) is 0. The zero-order valence-corrected chi connectivity index (χ0v) is 15.6. The van der Waals surface area contributed by atoms with E-state index in [2.05, 4.69) is 18.2 Å². The van der Waals surface area contributed by atoms with Crippen molar-refractivity contribution in [3.05, 3.63) is 87.9 Å². The molecule has 0 bridgehead atoms. The van der Waals surface area contributed by atoms with E-state index in [-0.39, 0.29) is 10.6 Å². The molecular formula is C22H12ClNO2S. The minimum absolute atomic E-state index is 0.0592. The number of rotatable bonds is 2. The van der Waals surface area contributed by atoms with Gasteiger partial charge in [0.1, 0.15) is 0 Å². The second kappa shape index (κ2) is 6.12. The lowest BCUT2D eigenvalue weighted by Gasteiger charge is -2.21. The van der Waals surface area contributed by atoms with Gasteiger partial charge in [-0.05, 0) is 46.3 Å². The van der Waals surface area contributed by atoms with E-state index in [0.717, 1.165) is 26.8 Å². The molecule has 0 saturated carbocycles. The molecular weight excluding hydrogens is 378 g/mol. The minimum Gasteiger partial charge on any atom is -0.258 e. The van der Waals surface area contributed by atoms with Crippen molar-refractivity contribution in [2.75, 3.05) is 0 Å². The number of nitro groups is 1. The Bertz CT molecular complexity index is 1250. The molecule has 130 valence electrons. The second-order valence-electron chi connectivity index (χ2n) is 6.36. The quantitative estimate of drug-likeness (QED) is 0.237. The molecule has 5 rings (SSSR count). The van der Waals surface area contributed by atoms with Gasteiger partial charge in [0.25, 0.3) is 5.69 Å². The summed E-state index contributed by atoms with van der Waals surface area (Å²) in [6.07, 6.45) is 0. The van der Waals surface area contributed by atoms with Crippen LogP contribution in [0.15, 0.2) is 82.6 Å². The lowest BCUT2D eigenvalue weighted by Crippen LogP contribution is -1.96. The smallest absolute Gasteiger partial charge is 0.258 e. The lowest BCUT2D eigenvalue weighted by molar-refractivity contribution is -0.384. The van der Waals surface area contributed by atoms with Gasteiger partial charge < -0.3 is 0 Å². The highest BCUT2D eigenvalue weighted by molar-refractivity contribution is 7.99. The summed E-state index contributed by atoms with van der Waals surface area (Å²) in [7, 11) is 0. The van der Waals surface area contributed by atoms with E-state index in [9.17, 15) is 10.1 Å². The summed E-state index contributed by atoms with van der Waals surface area (Å²) < 4.78 is 0. The number of nitrogens with zero attached hydrogens (tertiary/aromatic N) is 1. The Hall–Kier alpha value is -2.82. The van der Waals surface area contributed by atoms with E-state index in [1.807, 2.05) is 36.4 Å². The maximum Gasteiger partial charge on any atom is 0.277 e. The van der Waals surface area contributed by atoms with Crippen LogP contribution < -0.4 is 0 Å². The van der Waals surface area contributed by atoms with Gasteiger partial charge in [-0.2, -0.15) is 0 Å². The predicted octanol–water partition coefficient (Wildman–Crippen LogP) is 7.20. The van der Waals surface area contributed by atoms with Crippen LogP contribution >= 0.6 is 23.4 Å². The Balaban J connectivity index is 1.87. The van der Waals surface area contributed by atoms with Crippen LogP contribution in [-0.4, -0.2) is 4.92 Å². The van der Waals surface area contributed by atoms with E-state index < -0.39 is 0 Å². The molecule has 0 aromatic heterocycles. The Labute approximate surface area is 164 Å². The van der Waals surface area contributed by atoms with Gasteiger partial charge in [-0.3, -0.25) is 10.1 Å². The van der Waals surface area contributed by atoms with Gasteiger partial charge in [-0.15, -0.1) is 0 Å². The molecule has 0 aliphatic carbocycles. The van der Waals surface area contributed by atoms with Gasteiger partial charge in [0.2, 0.25) is 0 Å². The molecule has 0 amide bonds. The third-order valence-electron chi connectivity index (χ3n) is 4.85. The molecule has 4 aromatic carbocycles. The van der Waals surface area contributed by atoms with Crippen LogP contribution in [0.3, 0.4) is 0 Å². The summed E-state index contributed by atoms with van der Waals surface area (Å²) in [5.41, 5.74) is 3.77. The van der Waals surface area contributed by atoms with Gasteiger partial charge >= 0.3 is 0 Å². The summed E-state index contributed by atoms with van der Waals surface area (Å²) in [6.45, 7) is 0. The molecule has 0 fully saturated rings. The van der Waals surface area contributed by atoms with Gasteiger partial charge in [0.15, 0.2) is 0 Å². The normalized spacial score (nSPS) is 12.0. The Morgan fingerprint density at radius 3 is 2.44 bits per heavy atom. The zero-order valence-electron chi connectivity index (χ0n) is 14.0. The maximum absolute atomic E-state index is 11.6. The number of benzene rings is 4. The lowest BCUT2D eigenvalue weighted by atomic mass is 9.92. The molecule has 1 heterocycles. The van der Waals surface area contributed by atoms with Crippen LogP contribution in [0.4, 0.5) is 5.69 Å². The topological polar surface area (TPSA) is 43.1 Å². The third kappa shape index (κ3) is 2.52. The molecule has 27 heavy (non-hydrogen) atoms. The van der Waals surface area contributed by atoms with Crippen LogP contribution in [0, 0.1) is 10.1 Å². The number of hydrogen-bond acceptors (Lipinski definition) is 3. The Morgan fingerprint density at radius 1 is 0.778 bits per heavy atom. The fraction of sp³-hybridized carbons (Fsp3) is 0. The van der Waals surface area contributed by atoms with Gasteiger partial charge in [-0.25, -0.2) is 0 Å². The van der Waals surface area contributed by atoms with Crippen LogP contribution in [0.2, 0.25) is 5.02 Å². The predicted molar refractivity (Wildman–Crippen MR) is 111 cm³/mol. The van der Waals surface area contributed by atoms with Crippen molar-refractivity contribution in [3.63, 3.8) is 0 Å². The van der Waals surface area contributed by atoms with Crippen molar-refractivity contribution < 1.29 is 4.92 Å². The first kappa shape index (κ1) is 16.4. The average Bonchev–Trinajstić information content (AvgIpc) is 2.68. The molecule has 4 aromatic rings. The molecule has 0 saturated heterocycles. The maximum atomic E-state index is 11.6. The second-order valence-corrected chi connectivity index (χ2v) is 7.88. The Morgan fingerprint density at radius 2 is 1.59 bits per heavy atom. The van der Waals surface area contributed by atoms with Crippen molar-refractivity contribution in [2.24, 2.45) is 0 Å². The highest BCUT2D eigenvalue weighted by Crippen LogP contribution is 2.50. The van der Waals surface area contributed by atoms with E-state index in [0.29, 0.717) is 10.6 Å². The first-order valence-corrected chi connectivity index (χ1v) is 9.60. The van der Waals surface area contributed by atoms with Crippen molar-refractivity contribution in [1.29, 1.82) is 0 Å². The van der Waals surface area contributed by atoms with Gasteiger partial charge in [0, 0.05) is 26.3 Å². The van der Waals surface area contributed by atoms with Crippen molar-refractivity contribution in [2.45, 2.75) is 9.79 Å². The fourth-order valence-electron chi connectivity index (χ4n) is 3.70. The molecule has 1 aliphatic rings. The highest BCUT2D eigenvalue weighted by atomic mass is 35.5. The number of fused-ring (bicyclic) bond motifs is 2. The van der Waals surface area contributed by atoms with Crippen molar-refractivity contribution in [3.8, 4) is 22.3 Å². The van der Waals surface area contributed by atoms with Gasteiger partial charge in [-0.1, -0.05) is 65.8 Å². The average molecular weight is 390 g/mol. The van der Waals surface area contributed by atoms with Crippen LogP contribution in [0.5, 0.6) is 0 Å². The SMILES string of the molecule is O=[N+]([O-])c1ccc(Cl)cc1-c1ccc2c3c(cccc13)-c1ccccc1S2. The third-order valence-corrected chi connectivity index (χ3v) is 6.22. The first-order valence-electron chi connectivity index (χ1n) is 8.41. The Kier molecular flexibility index (Phi) is 3.71. The van der Waals surface area contributed by atoms with Crippen molar-refractivity contribution in [1.82, 2.24) is 0 Å². The first-order chi connectivity index (χ1) is 13.1. The summed E-state index contributed by atoms with van der Waals surface area (Å²) in [5, 5.41) is 14.2. The molecule has 0 unspecified atom stereocenters. The zero-order chi connectivity index (χ0) is 18.5. The van der Waals surface area contributed by atoms with Crippen LogP contribution in [0.1, 0.15) is 0 Å². The molecule has 0 atom stereocenters. The summed E-state index contributed by atoms with van der Waals surface area (Å²) in [4.78, 5) is 13.6. The molecule has 3 nitrogen and oxygen atoms in total. The molecule has 5 heteroatoms. The molecule has 0 N–H and O–H groups in total. The van der Waals surface area contributed by atoms with E-state index >= 15 is 0 Å². The summed E-state index contributed by atoms with van der Waals surface area (Å²) in [6, 6.07) is 23.2. The summed E-state index contributed by atoms with van der Waals surface area (Å²) >= 11 is 7.90. The largest absolute Gasteiger partial charge is 0.277 e. The van der Waals surface area contributed by atoms with Crippen molar-refractivity contribution >= 4 is 39.8 Å². The van der Waals surface area contributed by atoms with Crippen LogP contribution in [-0.2, 0) is 0 Å². The summed E-state index contributed by atoms with van der Waals surface area (Å²) in [5.74, 6) is 0. The number of nitro benzene ring substituents is 1. The van der Waals surface area contributed by atoms with E-state index in [4.69, 9.17) is 11.6 Å². The van der Waals surface area contributed by atoms with Crippen LogP contribution in [0.25, 0.3) is 33.0 Å².